The predicted octanol–water partition coefficient (Wildman–Crippen LogP) is 1.41. The highest BCUT2D eigenvalue weighted by Gasteiger charge is 2.15. The number of carbonyl (C=O) groups is 1. The summed E-state index contributed by atoms with van der Waals surface area (Å²) in [5, 5.41) is 3.21. The summed E-state index contributed by atoms with van der Waals surface area (Å²) in [6, 6.07) is 5.69. The van der Waals surface area contributed by atoms with Crippen LogP contribution in [-0.2, 0) is 11.3 Å². The molecule has 20 heavy (non-hydrogen) atoms. The molecule has 0 saturated carbocycles. The van der Waals surface area contributed by atoms with Crippen molar-refractivity contribution in [2.45, 2.75) is 25.9 Å². The van der Waals surface area contributed by atoms with Gasteiger partial charge in [0.25, 0.3) is 0 Å². The van der Waals surface area contributed by atoms with Gasteiger partial charge in [-0.2, -0.15) is 0 Å². The first-order chi connectivity index (χ1) is 9.58. The van der Waals surface area contributed by atoms with Gasteiger partial charge in [-0.15, -0.1) is 0 Å². The SMILES string of the molecule is CC(NCc1ccc2c(c1)OCCCO2)C(=O)N(C)C. The first-order valence-corrected chi connectivity index (χ1v) is 6.91. The number of nitrogens with zero attached hydrogens (tertiary/aromatic N) is 1. The molecule has 110 valence electrons. The number of nitrogens with one attached hydrogen (secondary N) is 1. The number of fused-ring (bicyclic) bond motifs is 1. The highest BCUT2D eigenvalue weighted by atomic mass is 16.5. The summed E-state index contributed by atoms with van der Waals surface area (Å²) >= 11 is 0. The van der Waals surface area contributed by atoms with Crippen LogP contribution in [0, 0.1) is 0 Å². The fourth-order valence-electron chi connectivity index (χ4n) is 2.06. The Balaban J connectivity index is 1.97. The van der Waals surface area contributed by atoms with Gasteiger partial charge in [-0.1, -0.05) is 6.07 Å². The smallest absolute Gasteiger partial charge is 0.238 e. The molecule has 1 unspecified atom stereocenters. The van der Waals surface area contributed by atoms with Gasteiger partial charge < -0.3 is 19.7 Å². The molecule has 2 rings (SSSR count). The molecule has 1 N–H and O–H groups in total. The Morgan fingerprint density at radius 2 is 2.00 bits per heavy atom. The third kappa shape index (κ3) is 3.63. The van der Waals surface area contributed by atoms with E-state index in [0.29, 0.717) is 19.8 Å². The van der Waals surface area contributed by atoms with E-state index in [2.05, 4.69) is 5.32 Å². The number of amides is 1. The van der Waals surface area contributed by atoms with Gasteiger partial charge >= 0.3 is 0 Å². The summed E-state index contributed by atoms with van der Waals surface area (Å²) in [4.78, 5) is 13.3. The van der Waals surface area contributed by atoms with E-state index in [-0.39, 0.29) is 11.9 Å². The van der Waals surface area contributed by atoms with E-state index < -0.39 is 0 Å². The van der Waals surface area contributed by atoms with Gasteiger partial charge in [0.15, 0.2) is 11.5 Å². The van der Waals surface area contributed by atoms with E-state index in [1.807, 2.05) is 25.1 Å². The van der Waals surface area contributed by atoms with Crippen LogP contribution < -0.4 is 14.8 Å². The monoisotopic (exact) mass is 278 g/mol. The van der Waals surface area contributed by atoms with E-state index in [9.17, 15) is 4.79 Å². The molecule has 0 spiro atoms. The molecule has 1 amide bonds. The van der Waals surface area contributed by atoms with E-state index >= 15 is 0 Å². The molecule has 1 aliphatic heterocycles. The lowest BCUT2D eigenvalue weighted by Crippen LogP contribution is -2.41. The summed E-state index contributed by atoms with van der Waals surface area (Å²) < 4.78 is 11.2. The highest BCUT2D eigenvalue weighted by Crippen LogP contribution is 2.30. The summed E-state index contributed by atoms with van der Waals surface area (Å²) in [7, 11) is 3.52. The second-order valence-electron chi connectivity index (χ2n) is 5.17. The molecule has 0 aromatic heterocycles. The fourth-order valence-corrected chi connectivity index (χ4v) is 2.06. The quantitative estimate of drug-likeness (QED) is 0.905. The van der Waals surface area contributed by atoms with Crippen LogP contribution in [0.4, 0.5) is 0 Å². The zero-order valence-electron chi connectivity index (χ0n) is 12.3. The molecule has 5 heteroatoms. The van der Waals surface area contributed by atoms with Gasteiger partial charge in [0.1, 0.15) is 0 Å². The average Bonchev–Trinajstić information content (AvgIpc) is 2.68. The highest BCUT2D eigenvalue weighted by molar-refractivity contribution is 5.80. The van der Waals surface area contributed by atoms with Gasteiger partial charge in [-0.25, -0.2) is 0 Å². The fraction of sp³-hybridized carbons (Fsp3) is 0.533. The van der Waals surface area contributed by atoms with E-state index in [4.69, 9.17) is 9.47 Å². The van der Waals surface area contributed by atoms with Crippen molar-refractivity contribution in [2.75, 3.05) is 27.3 Å². The van der Waals surface area contributed by atoms with Crippen LogP contribution in [-0.4, -0.2) is 44.2 Å². The third-order valence-electron chi connectivity index (χ3n) is 3.24. The Morgan fingerprint density at radius 1 is 1.30 bits per heavy atom. The van der Waals surface area contributed by atoms with Crippen molar-refractivity contribution in [3.8, 4) is 11.5 Å². The van der Waals surface area contributed by atoms with Gasteiger partial charge in [0.2, 0.25) is 5.91 Å². The number of benzene rings is 1. The topological polar surface area (TPSA) is 50.8 Å². The van der Waals surface area contributed by atoms with Crippen molar-refractivity contribution in [2.24, 2.45) is 0 Å². The van der Waals surface area contributed by atoms with Crippen LogP contribution >= 0.6 is 0 Å². The number of likely N-dealkylation sites (N-methyl/N-ethyl adjacent to an activating group) is 1. The van der Waals surface area contributed by atoms with Crippen molar-refractivity contribution in [1.82, 2.24) is 10.2 Å². The lowest BCUT2D eigenvalue weighted by molar-refractivity contribution is -0.130. The van der Waals surface area contributed by atoms with Crippen molar-refractivity contribution >= 4 is 5.91 Å². The normalized spacial score (nSPS) is 15.3. The molecule has 0 aliphatic carbocycles. The van der Waals surface area contributed by atoms with E-state index in [0.717, 1.165) is 23.5 Å². The van der Waals surface area contributed by atoms with E-state index in [1.165, 1.54) is 0 Å². The van der Waals surface area contributed by atoms with E-state index in [1.54, 1.807) is 19.0 Å². The molecule has 0 fully saturated rings. The molecular formula is C15H22N2O3. The lowest BCUT2D eigenvalue weighted by atomic mass is 10.2. The van der Waals surface area contributed by atoms with Gasteiger partial charge in [0.05, 0.1) is 19.3 Å². The third-order valence-corrected chi connectivity index (χ3v) is 3.24. The Bertz CT molecular complexity index is 474. The van der Waals surface area contributed by atoms with Crippen LogP contribution in [0.25, 0.3) is 0 Å². The summed E-state index contributed by atoms with van der Waals surface area (Å²) in [6.45, 7) is 3.86. The molecule has 0 bridgehead atoms. The van der Waals surface area contributed by atoms with Gasteiger partial charge in [-0.05, 0) is 24.6 Å². The van der Waals surface area contributed by atoms with Crippen molar-refractivity contribution in [3.05, 3.63) is 23.8 Å². The molecule has 1 aromatic carbocycles. The van der Waals surface area contributed by atoms with Crippen LogP contribution in [0.2, 0.25) is 0 Å². The zero-order chi connectivity index (χ0) is 14.5. The van der Waals surface area contributed by atoms with Gasteiger partial charge in [-0.3, -0.25) is 4.79 Å². The molecule has 1 aliphatic rings. The predicted molar refractivity (Wildman–Crippen MR) is 77.0 cm³/mol. The Morgan fingerprint density at radius 3 is 2.70 bits per heavy atom. The Kier molecular flexibility index (Phi) is 4.84. The van der Waals surface area contributed by atoms with Crippen LogP contribution in [0.1, 0.15) is 18.9 Å². The minimum absolute atomic E-state index is 0.0688. The maximum absolute atomic E-state index is 11.8. The molecule has 1 heterocycles. The van der Waals surface area contributed by atoms with Crippen molar-refractivity contribution < 1.29 is 14.3 Å². The van der Waals surface area contributed by atoms with Crippen molar-refractivity contribution in [3.63, 3.8) is 0 Å². The van der Waals surface area contributed by atoms with Crippen LogP contribution in [0.3, 0.4) is 0 Å². The summed E-state index contributed by atoms with van der Waals surface area (Å²) in [5.74, 6) is 1.65. The standard InChI is InChI=1S/C15H22N2O3/c1-11(15(18)17(2)3)16-10-12-5-6-13-14(9-12)20-8-4-7-19-13/h5-6,9,11,16H,4,7-8,10H2,1-3H3. The number of hydrogen-bond donors (Lipinski definition) is 1. The molecule has 0 saturated heterocycles. The van der Waals surface area contributed by atoms with Crippen LogP contribution in [0.5, 0.6) is 11.5 Å². The number of ether oxygens (including phenoxy) is 2. The number of hydrogen-bond acceptors (Lipinski definition) is 4. The van der Waals surface area contributed by atoms with Crippen LogP contribution in [0.15, 0.2) is 18.2 Å². The summed E-state index contributed by atoms with van der Waals surface area (Å²) in [6.07, 6.45) is 0.899. The maximum atomic E-state index is 11.8. The number of carbonyl (C=O) groups excluding carboxylic acids is 1. The minimum Gasteiger partial charge on any atom is -0.490 e. The largest absolute Gasteiger partial charge is 0.490 e. The first kappa shape index (κ1) is 14.7. The Labute approximate surface area is 119 Å². The Hall–Kier alpha value is -1.75. The molecular weight excluding hydrogens is 256 g/mol. The lowest BCUT2D eigenvalue weighted by Gasteiger charge is -2.18. The second-order valence-corrected chi connectivity index (χ2v) is 5.17. The molecule has 0 radical (unpaired) electrons. The minimum atomic E-state index is -0.207. The first-order valence-electron chi connectivity index (χ1n) is 6.91. The molecule has 1 atom stereocenters. The van der Waals surface area contributed by atoms with Crippen molar-refractivity contribution in [1.29, 1.82) is 0 Å². The maximum Gasteiger partial charge on any atom is 0.238 e. The van der Waals surface area contributed by atoms with Gasteiger partial charge in [0, 0.05) is 27.1 Å². The average molecular weight is 278 g/mol. The molecule has 1 aromatic rings. The second kappa shape index (κ2) is 6.61. The zero-order valence-corrected chi connectivity index (χ0v) is 12.3. The molecule has 5 nitrogen and oxygen atoms in total. The number of rotatable bonds is 4. The summed E-state index contributed by atoms with van der Waals surface area (Å²) in [5.41, 5.74) is 1.08.